The third kappa shape index (κ3) is 3.64. The summed E-state index contributed by atoms with van der Waals surface area (Å²) in [6.45, 7) is 3.64. The second kappa shape index (κ2) is 7.82. The van der Waals surface area contributed by atoms with E-state index in [4.69, 9.17) is 10.1 Å². The molecular formula is C25H22F2N4O. The van der Waals surface area contributed by atoms with Gasteiger partial charge in [-0.1, -0.05) is 13.0 Å². The van der Waals surface area contributed by atoms with E-state index in [1.54, 1.807) is 41.9 Å². The molecule has 1 fully saturated rings. The molecule has 0 spiro atoms. The number of pyridine rings is 1. The van der Waals surface area contributed by atoms with Gasteiger partial charge in [-0.25, -0.2) is 18.4 Å². The van der Waals surface area contributed by atoms with E-state index in [9.17, 15) is 13.6 Å². The lowest BCUT2D eigenvalue weighted by Crippen LogP contribution is -2.14. The summed E-state index contributed by atoms with van der Waals surface area (Å²) in [6.07, 6.45) is 2.62. The van der Waals surface area contributed by atoms with Crippen molar-refractivity contribution in [1.29, 1.82) is 0 Å². The van der Waals surface area contributed by atoms with Gasteiger partial charge in [-0.3, -0.25) is 4.79 Å². The Morgan fingerprint density at radius 2 is 1.88 bits per heavy atom. The maximum absolute atomic E-state index is 14.0. The number of nitrogens with one attached hydrogen (secondary N) is 1. The number of rotatable bonds is 5. The van der Waals surface area contributed by atoms with Crippen LogP contribution in [0, 0.1) is 18.6 Å². The van der Waals surface area contributed by atoms with E-state index < -0.39 is 0 Å². The molecule has 5 rings (SSSR count). The Bertz CT molecular complexity index is 1340. The zero-order valence-corrected chi connectivity index (χ0v) is 17.8. The van der Waals surface area contributed by atoms with Gasteiger partial charge in [0.1, 0.15) is 11.6 Å². The summed E-state index contributed by atoms with van der Waals surface area (Å²) < 4.78 is 29.2. The summed E-state index contributed by atoms with van der Waals surface area (Å²) in [5.74, 6) is -0.785. The molecule has 7 heteroatoms. The summed E-state index contributed by atoms with van der Waals surface area (Å²) >= 11 is 0. The Morgan fingerprint density at radius 1 is 1.12 bits per heavy atom. The van der Waals surface area contributed by atoms with E-state index in [1.165, 1.54) is 18.2 Å². The van der Waals surface area contributed by atoms with E-state index in [0.29, 0.717) is 40.0 Å². The predicted molar refractivity (Wildman–Crippen MR) is 119 cm³/mol. The molecule has 32 heavy (non-hydrogen) atoms. The third-order valence-electron chi connectivity index (χ3n) is 5.79. The van der Waals surface area contributed by atoms with Gasteiger partial charge in [-0.05, 0) is 74.2 Å². The largest absolute Gasteiger partial charge is 0.322 e. The highest BCUT2D eigenvalue weighted by atomic mass is 19.1. The van der Waals surface area contributed by atoms with Crippen LogP contribution >= 0.6 is 0 Å². The van der Waals surface area contributed by atoms with Crippen LogP contribution in [0.3, 0.4) is 0 Å². The molecule has 162 valence electrons. The first-order valence-corrected chi connectivity index (χ1v) is 10.7. The van der Waals surface area contributed by atoms with E-state index in [0.717, 1.165) is 24.2 Å². The van der Waals surface area contributed by atoms with Gasteiger partial charge < -0.3 is 5.32 Å². The number of nitrogens with zero attached hydrogens (tertiary/aromatic N) is 3. The van der Waals surface area contributed by atoms with Gasteiger partial charge in [-0.15, -0.1) is 0 Å². The number of anilines is 1. The molecule has 1 amide bonds. The first kappa shape index (κ1) is 20.3. The summed E-state index contributed by atoms with van der Waals surface area (Å²) in [6, 6.07) is 12.5. The van der Waals surface area contributed by atoms with Crippen LogP contribution in [0.5, 0.6) is 0 Å². The summed E-state index contributed by atoms with van der Waals surface area (Å²) in [7, 11) is 0. The molecule has 2 aromatic carbocycles. The lowest BCUT2D eigenvalue weighted by atomic mass is 10.1. The fourth-order valence-electron chi connectivity index (χ4n) is 3.83. The Labute approximate surface area is 184 Å². The minimum Gasteiger partial charge on any atom is -0.322 e. The van der Waals surface area contributed by atoms with Crippen molar-refractivity contribution in [2.45, 2.75) is 39.0 Å². The number of fused-ring (bicyclic) bond motifs is 1. The quantitative estimate of drug-likeness (QED) is 0.440. The average molecular weight is 432 g/mol. The van der Waals surface area contributed by atoms with Gasteiger partial charge >= 0.3 is 0 Å². The molecule has 0 saturated heterocycles. The zero-order valence-electron chi connectivity index (χ0n) is 17.8. The number of aryl methyl sites for hydroxylation is 2. The number of hydrogen-bond donors (Lipinski definition) is 1. The number of benzene rings is 2. The van der Waals surface area contributed by atoms with E-state index in [1.807, 2.05) is 6.92 Å². The van der Waals surface area contributed by atoms with Crippen LogP contribution < -0.4 is 5.32 Å². The Hall–Kier alpha value is -3.61. The minimum atomic E-state index is -0.375. The van der Waals surface area contributed by atoms with E-state index in [2.05, 4.69) is 5.32 Å². The Balaban J connectivity index is 1.67. The van der Waals surface area contributed by atoms with Crippen LogP contribution in [0.1, 0.15) is 53.0 Å². The van der Waals surface area contributed by atoms with Crippen molar-refractivity contribution in [2.24, 2.45) is 0 Å². The summed E-state index contributed by atoms with van der Waals surface area (Å²) in [4.78, 5) is 18.1. The lowest BCUT2D eigenvalue weighted by Gasteiger charge is -2.10. The highest BCUT2D eigenvalue weighted by molar-refractivity contribution is 6.13. The molecule has 0 unspecified atom stereocenters. The molecule has 0 aliphatic heterocycles. The van der Waals surface area contributed by atoms with Crippen LogP contribution in [0.15, 0.2) is 48.5 Å². The SMILES string of the molecule is CCc1cc(C(=O)Nc2ccc(C)c(F)c2)c2c(C3CC3)nn(-c3ccc(F)cc3)c2n1. The molecule has 1 saturated carbocycles. The van der Waals surface area contributed by atoms with Gasteiger partial charge in [0.2, 0.25) is 0 Å². The van der Waals surface area contributed by atoms with Crippen LogP contribution in [-0.4, -0.2) is 20.7 Å². The van der Waals surface area contributed by atoms with Gasteiger partial charge in [0, 0.05) is 17.3 Å². The molecular weight excluding hydrogens is 410 g/mol. The number of amides is 1. The van der Waals surface area contributed by atoms with Crippen molar-refractivity contribution in [1.82, 2.24) is 14.8 Å². The normalized spacial score (nSPS) is 13.5. The van der Waals surface area contributed by atoms with Crippen molar-refractivity contribution < 1.29 is 13.6 Å². The molecule has 0 bridgehead atoms. The predicted octanol–water partition coefficient (Wildman–Crippen LogP) is 5.70. The minimum absolute atomic E-state index is 0.261. The molecule has 4 aromatic rings. The van der Waals surface area contributed by atoms with Gasteiger partial charge in [0.25, 0.3) is 5.91 Å². The fourth-order valence-corrected chi connectivity index (χ4v) is 3.83. The summed E-state index contributed by atoms with van der Waals surface area (Å²) in [5, 5.41) is 8.31. The number of aromatic nitrogens is 3. The van der Waals surface area contributed by atoms with E-state index in [-0.39, 0.29) is 23.5 Å². The number of carbonyl (C=O) groups is 1. The van der Waals surface area contributed by atoms with Crippen LogP contribution in [0.25, 0.3) is 16.7 Å². The molecule has 0 atom stereocenters. The maximum Gasteiger partial charge on any atom is 0.256 e. The molecule has 5 nitrogen and oxygen atoms in total. The highest BCUT2D eigenvalue weighted by Crippen LogP contribution is 2.43. The van der Waals surface area contributed by atoms with Crippen molar-refractivity contribution >= 4 is 22.6 Å². The summed E-state index contributed by atoms with van der Waals surface area (Å²) in [5.41, 5.74) is 4.17. The van der Waals surface area contributed by atoms with Crippen molar-refractivity contribution in [3.63, 3.8) is 0 Å². The molecule has 1 aliphatic carbocycles. The van der Waals surface area contributed by atoms with E-state index >= 15 is 0 Å². The second-order valence-electron chi connectivity index (χ2n) is 8.18. The number of hydrogen-bond acceptors (Lipinski definition) is 3. The van der Waals surface area contributed by atoms with Crippen LogP contribution in [0.2, 0.25) is 0 Å². The van der Waals surface area contributed by atoms with Gasteiger partial charge in [0.15, 0.2) is 5.65 Å². The van der Waals surface area contributed by atoms with Crippen molar-refractivity contribution in [2.75, 3.05) is 5.32 Å². The molecule has 0 radical (unpaired) electrons. The second-order valence-corrected chi connectivity index (χ2v) is 8.18. The van der Waals surface area contributed by atoms with Crippen LogP contribution in [-0.2, 0) is 6.42 Å². The monoisotopic (exact) mass is 432 g/mol. The zero-order chi connectivity index (χ0) is 22.4. The topological polar surface area (TPSA) is 59.8 Å². The van der Waals surface area contributed by atoms with Crippen molar-refractivity contribution in [3.8, 4) is 5.69 Å². The van der Waals surface area contributed by atoms with Gasteiger partial charge in [0.05, 0.1) is 22.3 Å². The third-order valence-corrected chi connectivity index (χ3v) is 5.79. The number of carbonyl (C=O) groups excluding carboxylic acids is 1. The smallest absolute Gasteiger partial charge is 0.256 e. The maximum atomic E-state index is 14.0. The fraction of sp³-hybridized carbons (Fsp3) is 0.240. The Kier molecular flexibility index (Phi) is 4.96. The van der Waals surface area contributed by atoms with Crippen LogP contribution in [0.4, 0.5) is 14.5 Å². The van der Waals surface area contributed by atoms with Crippen molar-refractivity contribution in [3.05, 3.63) is 82.7 Å². The standard InChI is InChI=1S/C25H22F2N4O/c1-3-17-12-20(25(32)29-18-9-4-14(2)21(27)13-18)22-23(15-5-6-15)30-31(24(22)28-17)19-10-7-16(26)8-11-19/h4,7-13,15H,3,5-6H2,1-2H3,(H,29,32). The molecule has 1 N–H and O–H groups in total. The molecule has 2 aromatic heterocycles. The molecule has 1 aliphatic rings. The lowest BCUT2D eigenvalue weighted by molar-refractivity contribution is 0.102. The highest BCUT2D eigenvalue weighted by Gasteiger charge is 2.32. The Morgan fingerprint density at radius 3 is 2.53 bits per heavy atom. The first-order chi connectivity index (χ1) is 15.4. The average Bonchev–Trinajstić information content (AvgIpc) is 3.56. The first-order valence-electron chi connectivity index (χ1n) is 10.7. The molecule has 2 heterocycles. The van der Waals surface area contributed by atoms with Gasteiger partial charge in [-0.2, -0.15) is 5.10 Å². The number of halogens is 2.